The van der Waals surface area contributed by atoms with Crippen LogP contribution in [0.1, 0.15) is 58.9 Å². The molecule has 2 fully saturated rings. The summed E-state index contributed by atoms with van der Waals surface area (Å²) in [6.45, 7) is 8.24. The lowest BCUT2D eigenvalue weighted by atomic mass is 9.51. The maximum absolute atomic E-state index is 12.9. The lowest BCUT2D eigenvalue weighted by molar-refractivity contribution is -0.143. The molecule has 30 heavy (non-hydrogen) atoms. The first kappa shape index (κ1) is 23.1. The summed E-state index contributed by atoms with van der Waals surface area (Å²) >= 11 is 6.20. The molecule has 7 atom stereocenters. The van der Waals surface area contributed by atoms with Crippen molar-refractivity contribution in [1.82, 2.24) is 10.6 Å². The Morgan fingerprint density at radius 2 is 1.93 bits per heavy atom. The highest BCUT2D eigenvalue weighted by Crippen LogP contribution is 2.55. The van der Waals surface area contributed by atoms with Crippen molar-refractivity contribution in [2.24, 2.45) is 29.1 Å². The Balaban J connectivity index is 1.68. The van der Waals surface area contributed by atoms with E-state index in [-0.39, 0.29) is 46.9 Å². The van der Waals surface area contributed by atoms with Crippen molar-refractivity contribution >= 4 is 23.4 Å². The highest BCUT2D eigenvalue weighted by Gasteiger charge is 2.53. The number of fused-ring (bicyclic) bond motifs is 1. The number of amides is 2. The van der Waals surface area contributed by atoms with Crippen LogP contribution in [0.25, 0.3) is 0 Å². The van der Waals surface area contributed by atoms with Crippen molar-refractivity contribution in [3.05, 3.63) is 34.9 Å². The molecule has 2 aliphatic rings. The molecule has 3 N–H and O–H groups in total. The van der Waals surface area contributed by atoms with Crippen LogP contribution < -0.4 is 10.6 Å². The van der Waals surface area contributed by atoms with Crippen LogP contribution in [0.3, 0.4) is 0 Å². The average Bonchev–Trinajstić information content (AvgIpc) is 2.69. The van der Waals surface area contributed by atoms with E-state index in [1.807, 2.05) is 31.2 Å². The first-order chi connectivity index (χ1) is 14.1. The summed E-state index contributed by atoms with van der Waals surface area (Å²) in [6.07, 6.45) is 3.21. The molecule has 0 spiro atoms. The number of aliphatic hydroxyl groups is 1. The molecule has 2 aliphatic carbocycles. The van der Waals surface area contributed by atoms with Gasteiger partial charge in [-0.3, -0.25) is 9.59 Å². The Morgan fingerprint density at radius 3 is 2.60 bits per heavy atom. The fourth-order valence-electron chi connectivity index (χ4n) is 5.94. The van der Waals surface area contributed by atoms with E-state index in [1.165, 1.54) is 0 Å². The lowest BCUT2D eigenvalue weighted by Crippen LogP contribution is -2.58. The van der Waals surface area contributed by atoms with E-state index in [0.717, 1.165) is 31.2 Å². The first-order valence-corrected chi connectivity index (χ1v) is 11.5. The predicted octanol–water partition coefficient (Wildman–Crippen LogP) is 3.92. The van der Waals surface area contributed by atoms with Gasteiger partial charge in [-0.2, -0.15) is 0 Å². The quantitative estimate of drug-likeness (QED) is 0.657. The third-order valence-electron chi connectivity index (χ3n) is 7.74. The van der Waals surface area contributed by atoms with Crippen molar-refractivity contribution in [3.8, 4) is 0 Å². The molecule has 0 saturated heterocycles. The molecule has 0 unspecified atom stereocenters. The molecule has 3 rings (SSSR count). The highest BCUT2D eigenvalue weighted by molar-refractivity contribution is 6.31. The Morgan fingerprint density at radius 1 is 1.27 bits per heavy atom. The number of benzene rings is 1. The Kier molecular flexibility index (Phi) is 7.13. The van der Waals surface area contributed by atoms with Gasteiger partial charge >= 0.3 is 0 Å². The zero-order valence-corrected chi connectivity index (χ0v) is 19.2. The van der Waals surface area contributed by atoms with Crippen molar-refractivity contribution < 1.29 is 14.7 Å². The molecule has 1 aromatic rings. The van der Waals surface area contributed by atoms with Gasteiger partial charge in [-0.15, -0.1) is 0 Å². The van der Waals surface area contributed by atoms with Crippen LogP contribution in [0.2, 0.25) is 5.02 Å². The van der Waals surface area contributed by atoms with Crippen LogP contribution in [0.5, 0.6) is 0 Å². The van der Waals surface area contributed by atoms with Crippen LogP contribution in [-0.2, 0) is 16.1 Å². The zero-order chi connectivity index (χ0) is 22.1. The lowest BCUT2D eigenvalue weighted by Gasteiger charge is -2.56. The summed E-state index contributed by atoms with van der Waals surface area (Å²) in [7, 11) is 0. The molecule has 0 aliphatic heterocycles. The van der Waals surface area contributed by atoms with Gasteiger partial charge in [-0.25, -0.2) is 0 Å². The molecular formula is C24H35ClN2O3. The molecule has 2 amide bonds. The number of carbonyl (C=O) groups excluding carboxylic acids is 2. The van der Waals surface area contributed by atoms with Gasteiger partial charge in [-0.1, -0.05) is 50.6 Å². The van der Waals surface area contributed by atoms with Crippen molar-refractivity contribution in [2.45, 2.75) is 72.1 Å². The van der Waals surface area contributed by atoms with Gasteiger partial charge in [-0.05, 0) is 60.5 Å². The molecule has 0 bridgehead atoms. The van der Waals surface area contributed by atoms with Gasteiger partial charge < -0.3 is 15.7 Å². The number of hydrogen-bond donors (Lipinski definition) is 3. The minimum atomic E-state index is -0.559. The first-order valence-electron chi connectivity index (χ1n) is 11.1. The molecular weight excluding hydrogens is 400 g/mol. The fraction of sp³-hybridized carbons (Fsp3) is 0.667. The van der Waals surface area contributed by atoms with Gasteiger partial charge in [0, 0.05) is 30.5 Å². The topological polar surface area (TPSA) is 78.4 Å². The van der Waals surface area contributed by atoms with E-state index in [2.05, 4.69) is 24.5 Å². The van der Waals surface area contributed by atoms with Gasteiger partial charge in [0.25, 0.3) is 0 Å². The number of carbonyl (C=O) groups is 2. The molecule has 2 saturated carbocycles. The van der Waals surface area contributed by atoms with E-state index in [4.69, 9.17) is 11.6 Å². The number of rotatable bonds is 5. The SMILES string of the molecule is CC(=O)N[C@H]1CC[C@]2(C)CC[C@@H]([C@H](C)C(=O)NCc3ccccc3Cl)[C@H](O)[C@H]2[C@@H]1C. The molecule has 6 heteroatoms. The third kappa shape index (κ3) is 4.67. The Bertz CT molecular complexity index is 785. The maximum atomic E-state index is 12.9. The molecule has 0 heterocycles. The highest BCUT2D eigenvalue weighted by atomic mass is 35.5. The number of aliphatic hydroxyl groups excluding tert-OH is 1. The average molecular weight is 435 g/mol. The van der Waals surface area contributed by atoms with Crippen LogP contribution >= 0.6 is 11.6 Å². The van der Waals surface area contributed by atoms with Gasteiger partial charge in [0.15, 0.2) is 0 Å². The zero-order valence-electron chi connectivity index (χ0n) is 18.5. The largest absolute Gasteiger partial charge is 0.392 e. The normalized spacial score (nSPS) is 34.5. The van der Waals surface area contributed by atoms with Crippen LogP contribution in [0.4, 0.5) is 0 Å². The summed E-state index contributed by atoms with van der Waals surface area (Å²) in [5, 5.41) is 18.1. The maximum Gasteiger partial charge on any atom is 0.223 e. The molecule has 1 aromatic carbocycles. The van der Waals surface area contributed by atoms with Gasteiger partial charge in [0.05, 0.1) is 6.10 Å². The second-order valence-electron chi connectivity index (χ2n) is 9.68. The Hall–Kier alpha value is -1.59. The number of nitrogens with one attached hydrogen (secondary N) is 2. The minimum absolute atomic E-state index is 0.0235. The summed E-state index contributed by atoms with van der Waals surface area (Å²) in [6, 6.07) is 7.57. The van der Waals surface area contributed by atoms with Gasteiger partial charge in [0.1, 0.15) is 0 Å². The van der Waals surface area contributed by atoms with E-state index < -0.39 is 6.10 Å². The van der Waals surface area contributed by atoms with Crippen molar-refractivity contribution in [3.63, 3.8) is 0 Å². The van der Waals surface area contributed by atoms with Crippen molar-refractivity contribution in [1.29, 1.82) is 0 Å². The smallest absolute Gasteiger partial charge is 0.223 e. The van der Waals surface area contributed by atoms with Crippen LogP contribution in [0, 0.1) is 29.1 Å². The second-order valence-corrected chi connectivity index (χ2v) is 10.1. The molecule has 166 valence electrons. The third-order valence-corrected chi connectivity index (χ3v) is 8.11. The van der Waals surface area contributed by atoms with Crippen molar-refractivity contribution in [2.75, 3.05) is 0 Å². The Labute approximate surface area is 185 Å². The monoisotopic (exact) mass is 434 g/mol. The fourth-order valence-corrected chi connectivity index (χ4v) is 6.14. The number of hydrogen-bond acceptors (Lipinski definition) is 3. The van der Waals surface area contributed by atoms with E-state index >= 15 is 0 Å². The van der Waals surface area contributed by atoms with Gasteiger partial charge in [0.2, 0.25) is 11.8 Å². The molecule has 0 aromatic heterocycles. The summed E-state index contributed by atoms with van der Waals surface area (Å²) in [5.74, 6) is -0.216. The van der Waals surface area contributed by atoms with Crippen LogP contribution in [0.15, 0.2) is 24.3 Å². The standard InChI is InChI=1S/C24H35ClN2O3/c1-14(23(30)26-13-17-7-5-6-8-19(17)25)18-9-11-24(4)12-10-20(27-16(3)28)15(2)21(24)22(18)29/h5-8,14-15,18,20-22,29H,9-13H2,1-4H3,(H,26,30)(H,27,28)/t14-,15+,18-,20-,21+,22-,24-/m0/s1. The predicted molar refractivity (Wildman–Crippen MR) is 119 cm³/mol. The summed E-state index contributed by atoms with van der Waals surface area (Å²) in [5.41, 5.74) is 0.938. The number of halogens is 1. The second kappa shape index (κ2) is 9.27. The minimum Gasteiger partial charge on any atom is -0.392 e. The van der Waals surface area contributed by atoms with E-state index in [0.29, 0.717) is 11.6 Å². The van der Waals surface area contributed by atoms with E-state index in [1.54, 1.807) is 6.92 Å². The molecule has 0 radical (unpaired) electrons. The summed E-state index contributed by atoms with van der Waals surface area (Å²) in [4.78, 5) is 24.5. The molecule has 5 nitrogen and oxygen atoms in total. The van der Waals surface area contributed by atoms with Crippen LogP contribution in [-0.4, -0.2) is 29.1 Å². The summed E-state index contributed by atoms with van der Waals surface area (Å²) < 4.78 is 0. The van der Waals surface area contributed by atoms with E-state index in [9.17, 15) is 14.7 Å².